The number of fused-ring (bicyclic) bond motifs is 1. The molecule has 7 nitrogen and oxygen atoms in total. The first-order chi connectivity index (χ1) is 15.6. The van der Waals surface area contributed by atoms with Crippen LogP contribution < -0.4 is 9.64 Å². The standard InChI is InChI=1S/C24H21N3O4S/c1-31-18-9-7-17(8-10-18)27-23(29)22(28)26(24(27)30)15-25-13-11-20-19(12-14-32-20)21(25)16-5-3-2-4-6-16/h2-10,12,14,21H,11,13,15H2,1H3/t21-/m1/s1. The minimum atomic E-state index is -0.843. The number of urea groups is 1. The second-order valence-corrected chi connectivity index (χ2v) is 8.67. The van der Waals surface area contributed by atoms with E-state index in [1.54, 1.807) is 35.6 Å². The second kappa shape index (κ2) is 8.22. The molecule has 1 fully saturated rings. The third-order valence-corrected chi connectivity index (χ3v) is 6.88. The van der Waals surface area contributed by atoms with Crippen molar-refractivity contribution in [2.75, 3.05) is 25.2 Å². The molecule has 2 aliphatic heterocycles. The molecular weight excluding hydrogens is 426 g/mol. The van der Waals surface area contributed by atoms with Crippen molar-refractivity contribution in [3.63, 3.8) is 0 Å². The number of anilines is 1. The lowest BCUT2D eigenvalue weighted by Gasteiger charge is -2.37. The van der Waals surface area contributed by atoms with E-state index in [0.717, 1.165) is 21.8 Å². The molecule has 0 spiro atoms. The maximum atomic E-state index is 13.1. The predicted octanol–water partition coefficient (Wildman–Crippen LogP) is 3.66. The highest BCUT2D eigenvalue weighted by Crippen LogP contribution is 2.38. The summed E-state index contributed by atoms with van der Waals surface area (Å²) in [6, 6.07) is 17.9. The van der Waals surface area contributed by atoms with Crippen molar-refractivity contribution in [1.29, 1.82) is 0 Å². The van der Waals surface area contributed by atoms with E-state index in [1.165, 1.54) is 17.6 Å². The zero-order valence-corrected chi connectivity index (χ0v) is 18.2. The summed E-state index contributed by atoms with van der Waals surface area (Å²) in [6.45, 7) is 0.728. The molecule has 3 heterocycles. The summed E-state index contributed by atoms with van der Waals surface area (Å²) in [7, 11) is 1.53. The number of imide groups is 2. The molecule has 8 heteroatoms. The van der Waals surface area contributed by atoms with Gasteiger partial charge in [0.1, 0.15) is 5.75 Å². The van der Waals surface area contributed by atoms with Crippen molar-refractivity contribution in [3.05, 3.63) is 82.0 Å². The monoisotopic (exact) mass is 447 g/mol. The lowest BCUT2D eigenvalue weighted by molar-refractivity contribution is -0.140. The van der Waals surface area contributed by atoms with Gasteiger partial charge in [-0.15, -0.1) is 11.3 Å². The summed E-state index contributed by atoms with van der Waals surface area (Å²) in [6.07, 6.45) is 0.836. The number of rotatable bonds is 5. The topological polar surface area (TPSA) is 70.2 Å². The molecule has 5 rings (SSSR count). The Morgan fingerprint density at radius 1 is 0.969 bits per heavy atom. The fourth-order valence-corrected chi connectivity index (χ4v) is 5.22. The molecule has 3 aromatic rings. The molecule has 0 unspecified atom stereocenters. The van der Waals surface area contributed by atoms with Crippen LogP contribution in [0.5, 0.6) is 5.75 Å². The van der Waals surface area contributed by atoms with E-state index in [9.17, 15) is 14.4 Å². The van der Waals surface area contributed by atoms with Crippen LogP contribution in [0.4, 0.5) is 10.5 Å². The van der Waals surface area contributed by atoms with E-state index < -0.39 is 17.8 Å². The fourth-order valence-electron chi connectivity index (χ4n) is 4.32. The van der Waals surface area contributed by atoms with Gasteiger partial charge in [-0.3, -0.25) is 14.5 Å². The highest BCUT2D eigenvalue weighted by atomic mass is 32.1. The SMILES string of the molecule is COc1ccc(N2C(=O)C(=O)N(CN3CCc4sccc4[C@H]3c3ccccc3)C2=O)cc1. The van der Waals surface area contributed by atoms with Gasteiger partial charge in [0, 0.05) is 11.4 Å². The van der Waals surface area contributed by atoms with Gasteiger partial charge in [-0.05, 0) is 53.3 Å². The Hall–Kier alpha value is -3.49. The molecule has 4 amide bonds. The third kappa shape index (κ3) is 3.37. The van der Waals surface area contributed by atoms with Gasteiger partial charge in [0.2, 0.25) is 0 Å². The number of ether oxygens (including phenoxy) is 1. The molecule has 2 aliphatic rings. The quantitative estimate of drug-likeness (QED) is 0.441. The summed E-state index contributed by atoms with van der Waals surface area (Å²) < 4.78 is 5.13. The molecule has 0 saturated carbocycles. The van der Waals surface area contributed by atoms with Gasteiger partial charge in [-0.2, -0.15) is 0 Å². The smallest absolute Gasteiger partial charge is 0.340 e. The molecule has 1 aromatic heterocycles. The Labute approximate surface area is 189 Å². The minimum Gasteiger partial charge on any atom is -0.497 e. The maximum absolute atomic E-state index is 13.1. The Kier molecular flexibility index (Phi) is 5.24. The number of carbonyl (C=O) groups is 3. The maximum Gasteiger partial charge on any atom is 0.340 e. The number of hydrogen-bond donors (Lipinski definition) is 0. The van der Waals surface area contributed by atoms with Crippen molar-refractivity contribution in [2.45, 2.75) is 12.5 Å². The first kappa shape index (κ1) is 20.4. The Balaban J connectivity index is 1.44. The summed E-state index contributed by atoms with van der Waals surface area (Å²) in [4.78, 5) is 44.0. The average molecular weight is 448 g/mol. The summed E-state index contributed by atoms with van der Waals surface area (Å²) in [5.41, 5.74) is 2.61. The molecule has 1 atom stereocenters. The number of benzene rings is 2. The number of methoxy groups -OCH3 is 1. The average Bonchev–Trinajstić information content (AvgIpc) is 3.38. The number of nitrogens with zero attached hydrogens (tertiary/aromatic N) is 3. The van der Waals surface area contributed by atoms with Gasteiger partial charge in [-0.1, -0.05) is 30.3 Å². The van der Waals surface area contributed by atoms with E-state index in [4.69, 9.17) is 4.74 Å². The summed E-state index contributed by atoms with van der Waals surface area (Å²) in [5, 5.41) is 2.07. The highest BCUT2D eigenvalue weighted by molar-refractivity contribution is 7.10. The lowest BCUT2D eigenvalue weighted by Crippen LogP contribution is -2.46. The van der Waals surface area contributed by atoms with E-state index in [0.29, 0.717) is 18.0 Å². The predicted molar refractivity (Wildman–Crippen MR) is 121 cm³/mol. The lowest BCUT2D eigenvalue weighted by atomic mass is 9.94. The van der Waals surface area contributed by atoms with Crippen LogP contribution in [0.1, 0.15) is 22.0 Å². The van der Waals surface area contributed by atoms with Crippen LogP contribution in [0, 0.1) is 0 Å². The van der Waals surface area contributed by atoms with Gasteiger partial charge >= 0.3 is 17.8 Å². The molecule has 0 radical (unpaired) electrons. The molecule has 2 aromatic carbocycles. The number of hydrogen-bond acceptors (Lipinski definition) is 6. The van der Waals surface area contributed by atoms with Gasteiger partial charge in [0.25, 0.3) is 0 Å². The van der Waals surface area contributed by atoms with Crippen molar-refractivity contribution < 1.29 is 19.1 Å². The van der Waals surface area contributed by atoms with Crippen LogP contribution in [0.3, 0.4) is 0 Å². The van der Waals surface area contributed by atoms with E-state index in [2.05, 4.69) is 16.3 Å². The van der Waals surface area contributed by atoms with Crippen LogP contribution in [0.25, 0.3) is 0 Å². The van der Waals surface area contributed by atoms with Gasteiger partial charge < -0.3 is 4.74 Å². The largest absolute Gasteiger partial charge is 0.497 e. The number of amides is 4. The first-order valence-electron chi connectivity index (χ1n) is 10.3. The zero-order valence-electron chi connectivity index (χ0n) is 17.4. The minimum absolute atomic E-state index is 0.0465. The first-order valence-corrected chi connectivity index (χ1v) is 11.2. The molecule has 1 saturated heterocycles. The number of carbonyl (C=O) groups excluding carboxylic acids is 3. The number of thiophene rings is 1. The van der Waals surface area contributed by atoms with Crippen molar-refractivity contribution >= 4 is 34.9 Å². The molecule has 0 aliphatic carbocycles. The van der Waals surface area contributed by atoms with Crippen molar-refractivity contribution in [3.8, 4) is 5.75 Å². The van der Waals surface area contributed by atoms with Crippen molar-refractivity contribution in [2.24, 2.45) is 0 Å². The molecule has 32 heavy (non-hydrogen) atoms. The van der Waals surface area contributed by atoms with Crippen LogP contribution in [0.15, 0.2) is 66.0 Å². The zero-order chi connectivity index (χ0) is 22.2. The summed E-state index contributed by atoms with van der Waals surface area (Å²) in [5.74, 6) is -1.06. The van der Waals surface area contributed by atoms with Crippen LogP contribution in [-0.4, -0.2) is 48.0 Å². The van der Waals surface area contributed by atoms with Gasteiger partial charge in [-0.25, -0.2) is 14.6 Å². The molecule has 0 N–H and O–H groups in total. The Morgan fingerprint density at radius 2 is 1.72 bits per heavy atom. The van der Waals surface area contributed by atoms with Crippen LogP contribution >= 0.6 is 11.3 Å². The van der Waals surface area contributed by atoms with E-state index in [1.807, 2.05) is 30.3 Å². The van der Waals surface area contributed by atoms with Gasteiger partial charge in [0.05, 0.1) is 25.5 Å². The summed E-state index contributed by atoms with van der Waals surface area (Å²) >= 11 is 1.72. The molecule has 162 valence electrons. The van der Waals surface area contributed by atoms with E-state index >= 15 is 0 Å². The highest BCUT2D eigenvalue weighted by Gasteiger charge is 2.47. The fraction of sp³-hybridized carbons (Fsp3) is 0.208. The van der Waals surface area contributed by atoms with E-state index in [-0.39, 0.29) is 12.7 Å². The van der Waals surface area contributed by atoms with Crippen LogP contribution in [-0.2, 0) is 16.0 Å². The third-order valence-electron chi connectivity index (χ3n) is 5.89. The molecular formula is C24H21N3O4S. The second-order valence-electron chi connectivity index (χ2n) is 7.67. The Bertz CT molecular complexity index is 1180. The Morgan fingerprint density at radius 3 is 2.44 bits per heavy atom. The normalized spacial score (nSPS) is 18.9. The van der Waals surface area contributed by atoms with Crippen molar-refractivity contribution in [1.82, 2.24) is 9.80 Å². The van der Waals surface area contributed by atoms with Gasteiger partial charge in [0.15, 0.2) is 0 Å². The van der Waals surface area contributed by atoms with Crippen LogP contribution in [0.2, 0.25) is 0 Å². The molecule has 0 bridgehead atoms.